The van der Waals surface area contributed by atoms with Crippen molar-refractivity contribution in [1.82, 2.24) is 5.32 Å². The van der Waals surface area contributed by atoms with Crippen LogP contribution in [0, 0.1) is 5.92 Å². The van der Waals surface area contributed by atoms with Crippen molar-refractivity contribution in [2.24, 2.45) is 10.3 Å². The summed E-state index contributed by atoms with van der Waals surface area (Å²) >= 11 is 6.45. The first-order valence-electron chi connectivity index (χ1n) is 10.1. The molecule has 1 N–H and O–H groups in total. The van der Waals surface area contributed by atoms with Crippen LogP contribution in [0.4, 0.5) is 5.69 Å². The van der Waals surface area contributed by atoms with Crippen molar-refractivity contribution in [3.8, 4) is 0 Å². The van der Waals surface area contributed by atoms with Crippen molar-refractivity contribution in [2.45, 2.75) is 69.2 Å². The van der Waals surface area contributed by atoms with Gasteiger partial charge in [0.25, 0.3) is 15.9 Å². The number of carbonyl (C=O) groups is 1. The molecule has 1 aromatic rings. The van der Waals surface area contributed by atoms with E-state index in [2.05, 4.69) is 16.6 Å². The quantitative estimate of drug-likeness (QED) is 0.775. The second-order valence-electron chi connectivity index (χ2n) is 8.09. The molecule has 0 unspecified atom stereocenters. The number of fused-ring (bicyclic) bond motifs is 3. The summed E-state index contributed by atoms with van der Waals surface area (Å²) in [4.78, 5) is 14.9. The molecule has 1 saturated heterocycles. The number of nitrogens with zero attached hydrogens (tertiary/aromatic N) is 2. The molecule has 1 amide bonds. The maximum atomic E-state index is 12.9. The van der Waals surface area contributed by atoms with Gasteiger partial charge in [-0.1, -0.05) is 37.8 Å². The molecule has 3 aliphatic rings. The Labute approximate surface area is 171 Å². The fourth-order valence-electron chi connectivity index (χ4n) is 4.45. The third-order valence-corrected chi connectivity index (χ3v) is 7.76. The number of halogens is 1. The first-order valence-corrected chi connectivity index (χ1v) is 11.9. The first-order chi connectivity index (χ1) is 13.4. The molecule has 2 heterocycles. The van der Waals surface area contributed by atoms with Gasteiger partial charge in [0.05, 0.1) is 16.3 Å². The SMILES string of the molecule is C[C@@H]1CCCC[C@H]1NC(=O)c1cc2c(cc1Cl)N1CCCCCC1=NS2(=O)=O. The van der Waals surface area contributed by atoms with Crippen molar-refractivity contribution in [3.05, 3.63) is 22.7 Å². The number of amides is 1. The minimum absolute atomic E-state index is 0.0735. The monoisotopic (exact) mass is 423 g/mol. The summed E-state index contributed by atoms with van der Waals surface area (Å²) in [6.07, 6.45) is 7.87. The highest BCUT2D eigenvalue weighted by Gasteiger charge is 2.34. The standard InChI is InChI=1S/C20H26ClN3O3S/c1-13-7-4-5-8-16(13)22-20(25)14-11-18-17(12-15(14)21)24-10-6-2-3-9-19(24)23-28(18,26)27/h11-13,16H,2-10H2,1H3,(H,22,25)/t13-,16-/m1/s1. The van der Waals surface area contributed by atoms with Gasteiger partial charge in [0, 0.05) is 19.0 Å². The third-order valence-electron chi connectivity index (χ3n) is 6.11. The number of benzene rings is 1. The summed E-state index contributed by atoms with van der Waals surface area (Å²) < 4.78 is 29.6. The second-order valence-corrected chi connectivity index (χ2v) is 10.1. The van der Waals surface area contributed by atoms with E-state index in [1.165, 1.54) is 12.5 Å². The molecule has 0 bridgehead atoms. The summed E-state index contributed by atoms with van der Waals surface area (Å²) in [5.41, 5.74) is 0.745. The van der Waals surface area contributed by atoms with Crippen molar-refractivity contribution in [2.75, 3.05) is 11.4 Å². The van der Waals surface area contributed by atoms with E-state index < -0.39 is 10.0 Å². The van der Waals surface area contributed by atoms with Gasteiger partial charge in [0.15, 0.2) is 0 Å². The third kappa shape index (κ3) is 3.66. The fraction of sp³-hybridized carbons (Fsp3) is 0.600. The molecule has 2 aliphatic heterocycles. The van der Waals surface area contributed by atoms with Gasteiger partial charge in [-0.2, -0.15) is 8.42 Å². The number of anilines is 1. The maximum absolute atomic E-state index is 12.9. The molecular formula is C20H26ClN3O3S. The summed E-state index contributed by atoms with van der Waals surface area (Å²) in [7, 11) is -3.84. The van der Waals surface area contributed by atoms with Crippen LogP contribution >= 0.6 is 11.6 Å². The molecule has 0 aromatic heterocycles. The average Bonchev–Trinajstić information content (AvgIpc) is 2.88. The van der Waals surface area contributed by atoms with Crippen LogP contribution in [0.3, 0.4) is 0 Å². The van der Waals surface area contributed by atoms with Crippen LogP contribution in [0.1, 0.15) is 68.6 Å². The Morgan fingerprint density at radius 3 is 2.75 bits per heavy atom. The van der Waals surface area contributed by atoms with Crippen LogP contribution < -0.4 is 10.2 Å². The zero-order chi connectivity index (χ0) is 19.9. The van der Waals surface area contributed by atoms with E-state index in [1.54, 1.807) is 6.07 Å². The zero-order valence-corrected chi connectivity index (χ0v) is 17.7. The van der Waals surface area contributed by atoms with Crippen LogP contribution in [0.25, 0.3) is 0 Å². The van der Waals surface area contributed by atoms with Crippen LogP contribution in [0.2, 0.25) is 5.02 Å². The van der Waals surface area contributed by atoms with Crippen LogP contribution in [0.15, 0.2) is 21.4 Å². The lowest BCUT2D eigenvalue weighted by Crippen LogP contribution is -2.41. The van der Waals surface area contributed by atoms with Crippen molar-refractivity contribution < 1.29 is 13.2 Å². The maximum Gasteiger partial charge on any atom is 0.286 e. The van der Waals surface area contributed by atoms with Gasteiger partial charge in [-0.25, -0.2) is 0 Å². The molecule has 28 heavy (non-hydrogen) atoms. The largest absolute Gasteiger partial charge is 0.349 e. The van der Waals surface area contributed by atoms with Gasteiger partial charge in [0.1, 0.15) is 10.7 Å². The zero-order valence-electron chi connectivity index (χ0n) is 16.1. The molecule has 152 valence electrons. The highest BCUT2D eigenvalue weighted by atomic mass is 35.5. The molecule has 0 spiro atoms. The number of amidine groups is 1. The number of carbonyl (C=O) groups excluding carboxylic acids is 1. The molecule has 2 fully saturated rings. The number of hydrogen-bond donors (Lipinski definition) is 1. The van der Waals surface area contributed by atoms with E-state index in [9.17, 15) is 13.2 Å². The van der Waals surface area contributed by atoms with Gasteiger partial charge < -0.3 is 10.2 Å². The Morgan fingerprint density at radius 1 is 1.18 bits per heavy atom. The van der Waals surface area contributed by atoms with E-state index in [0.717, 1.165) is 38.5 Å². The van der Waals surface area contributed by atoms with E-state index in [1.807, 2.05) is 4.90 Å². The molecule has 4 rings (SSSR count). The molecule has 0 radical (unpaired) electrons. The molecule has 1 saturated carbocycles. The average molecular weight is 424 g/mol. The highest BCUT2D eigenvalue weighted by molar-refractivity contribution is 7.90. The lowest BCUT2D eigenvalue weighted by Gasteiger charge is -2.31. The summed E-state index contributed by atoms with van der Waals surface area (Å²) in [6, 6.07) is 3.12. The molecule has 8 heteroatoms. The van der Waals surface area contributed by atoms with E-state index >= 15 is 0 Å². The van der Waals surface area contributed by atoms with Gasteiger partial charge >= 0.3 is 0 Å². The van der Waals surface area contributed by atoms with Gasteiger partial charge in [0.2, 0.25) is 0 Å². The molecule has 2 atom stereocenters. The molecule has 1 aromatic carbocycles. The minimum atomic E-state index is -3.84. The Kier molecular flexibility index (Phi) is 5.40. The number of sulfonamides is 1. The Bertz CT molecular complexity index is 929. The lowest BCUT2D eigenvalue weighted by atomic mass is 9.86. The Hall–Kier alpha value is -1.60. The summed E-state index contributed by atoms with van der Waals surface area (Å²) in [6.45, 7) is 2.85. The number of rotatable bonds is 2. The van der Waals surface area contributed by atoms with Gasteiger partial charge in [-0.05, 0) is 43.7 Å². The molecular weight excluding hydrogens is 398 g/mol. The summed E-state index contributed by atoms with van der Waals surface area (Å²) in [5, 5.41) is 3.34. The van der Waals surface area contributed by atoms with Gasteiger partial charge in [-0.3, -0.25) is 4.79 Å². The first kappa shape index (κ1) is 19.7. The molecule has 1 aliphatic carbocycles. The minimum Gasteiger partial charge on any atom is -0.349 e. The van der Waals surface area contributed by atoms with Gasteiger partial charge in [-0.15, -0.1) is 4.40 Å². The summed E-state index contributed by atoms with van der Waals surface area (Å²) in [5.74, 6) is 0.670. The van der Waals surface area contributed by atoms with Crippen LogP contribution in [-0.4, -0.2) is 32.7 Å². The van der Waals surface area contributed by atoms with Crippen molar-refractivity contribution >= 4 is 39.1 Å². The van der Waals surface area contributed by atoms with Crippen molar-refractivity contribution in [3.63, 3.8) is 0 Å². The van der Waals surface area contributed by atoms with Crippen LogP contribution in [0.5, 0.6) is 0 Å². The van der Waals surface area contributed by atoms with Crippen LogP contribution in [-0.2, 0) is 10.0 Å². The Morgan fingerprint density at radius 2 is 1.96 bits per heavy atom. The number of nitrogens with one attached hydrogen (secondary N) is 1. The smallest absolute Gasteiger partial charge is 0.286 e. The second kappa shape index (κ2) is 7.67. The van der Waals surface area contributed by atoms with Crippen molar-refractivity contribution in [1.29, 1.82) is 0 Å². The van der Waals surface area contributed by atoms with E-state index in [4.69, 9.17) is 11.6 Å². The normalized spacial score (nSPS) is 26.5. The topological polar surface area (TPSA) is 78.8 Å². The number of hydrogen-bond acceptors (Lipinski definition) is 4. The lowest BCUT2D eigenvalue weighted by molar-refractivity contribution is 0.0910. The highest BCUT2D eigenvalue weighted by Crippen LogP contribution is 2.38. The Balaban J connectivity index is 1.69. The molecule has 6 nitrogen and oxygen atoms in total. The fourth-order valence-corrected chi connectivity index (χ4v) is 5.96. The van der Waals surface area contributed by atoms with E-state index in [0.29, 0.717) is 30.4 Å². The predicted octanol–water partition coefficient (Wildman–Crippen LogP) is 4.13. The predicted molar refractivity (Wildman–Crippen MR) is 111 cm³/mol. The van der Waals surface area contributed by atoms with E-state index in [-0.39, 0.29) is 27.4 Å².